The first-order valence-electron chi connectivity index (χ1n) is 22.4. The molecule has 1 aliphatic heterocycles. The van der Waals surface area contributed by atoms with Crippen LogP contribution in [-0.2, 0) is 25.0 Å². The van der Waals surface area contributed by atoms with Crippen LogP contribution in [0.25, 0.3) is 33.5 Å². The van der Waals surface area contributed by atoms with Crippen LogP contribution in [0.4, 0.5) is 10.5 Å². The quantitative estimate of drug-likeness (QED) is 0.102. The molecule has 0 spiro atoms. The number of fused-ring (bicyclic) bond motifs is 1. The van der Waals surface area contributed by atoms with Crippen LogP contribution in [0.2, 0.25) is 0 Å². The standard InChI is InChI=1S/C55H50N8O/c1-2-3-29-52-56-50-35-34-47(61-37-18-36-60(54(61)64)39-41-19-8-4-9-20-41)38-51(50)62(52)40-42-30-32-43(33-31-42)48-27-16-17-28-49(48)53-57-58-59-63(53)55(44-21-10-5-11-22-44,45-23-12-6-13-24-45)46-25-14-7-15-26-46/h4-17,19-28,30-35,38H,2-3,18,29,36-37,39-40H2,1H3. The summed E-state index contributed by atoms with van der Waals surface area (Å²) in [5, 5.41) is 14.0. The smallest absolute Gasteiger partial charge is 0.323 e. The first-order valence-corrected chi connectivity index (χ1v) is 22.4. The first kappa shape index (κ1) is 40.4. The molecule has 316 valence electrons. The van der Waals surface area contributed by atoms with E-state index in [9.17, 15) is 4.79 Å². The van der Waals surface area contributed by atoms with E-state index in [2.05, 4.69) is 168 Å². The third-order valence-corrected chi connectivity index (χ3v) is 12.5. The highest BCUT2D eigenvalue weighted by molar-refractivity contribution is 5.95. The van der Waals surface area contributed by atoms with Gasteiger partial charge in [0.25, 0.3) is 0 Å². The molecule has 1 aliphatic rings. The largest absolute Gasteiger partial charge is 0.324 e. The van der Waals surface area contributed by atoms with Gasteiger partial charge < -0.3 is 9.47 Å². The average Bonchev–Trinajstić information content (AvgIpc) is 3.98. The number of unbranched alkanes of at least 4 members (excludes halogenated alkanes) is 1. The van der Waals surface area contributed by atoms with Gasteiger partial charge in [-0.15, -0.1) is 5.10 Å². The second kappa shape index (κ2) is 18.0. The molecule has 9 aromatic rings. The third kappa shape index (κ3) is 7.63. The number of hydrogen-bond donors (Lipinski definition) is 0. The van der Waals surface area contributed by atoms with Gasteiger partial charge in [0, 0.05) is 43.9 Å². The number of rotatable bonds is 14. The molecule has 64 heavy (non-hydrogen) atoms. The molecule has 1 saturated heterocycles. The molecule has 0 radical (unpaired) electrons. The molecular weight excluding hydrogens is 789 g/mol. The van der Waals surface area contributed by atoms with Crippen molar-refractivity contribution in [2.24, 2.45) is 0 Å². The Hall–Kier alpha value is -7.65. The number of imidazole rings is 1. The lowest BCUT2D eigenvalue weighted by Crippen LogP contribution is -2.49. The van der Waals surface area contributed by atoms with Gasteiger partial charge in [-0.1, -0.05) is 183 Å². The highest BCUT2D eigenvalue weighted by Crippen LogP contribution is 2.43. The highest BCUT2D eigenvalue weighted by atomic mass is 16.2. The second-order valence-corrected chi connectivity index (χ2v) is 16.6. The van der Waals surface area contributed by atoms with Crippen molar-refractivity contribution in [1.29, 1.82) is 0 Å². The predicted octanol–water partition coefficient (Wildman–Crippen LogP) is 11.4. The molecule has 0 aliphatic carbocycles. The van der Waals surface area contributed by atoms with Gasteiger partial charge in [-0.2, -0.15) is 0 Å². The summed E-state index contributed by atoms with van der Waals surface area (Å²) in [5.74, 6) is 1.72. The van der Waals surface area contributed by atoms with E-state index in [1.54, 1.807) is 0 Å². The summed E-state index contributed by atoms with van der Waals surface area (Å²) in [5.41, 5.74) is 10.5. The molecule has 0 unspecified atom stereocenters. The summed E-state index contributed by atoms with van der Waals surface area (Å²) in [6.45, 7) is 4.91. The Balaban J connectivity index is 0.995. The lowest BCUT2D eigenvalue weighted by atomic mass is 9.77. The van der Waals surface area contributed by atoms with Gasteiger partial charge in [0.15, 0.2) is 5.82 Å². The minimum absolute atomic E-state index is 0.0440. The predicted molar refractivity (Wildman–Crippen MR) is 255 cm³/mol. The average molecular weight is 839 g/mol. The fraction of sp³-hybridized carbons (Fsp3) is 0.182. The summed E-state index contributed by atoms with van der Waals surface area (Å²) in [7, 11) is 0. The number of amides is 2. The molecule has 9 nitrogen and oxygen atoms in total. The molecule has 7 aromatic carbocycles. The van der Waals surface area contributed by atoms with E-state index >= 15 is 0 Å². The van der Waals surface area contributed by atoms with Crippen molar-refractivity contribution in [3.05, 3.63) is 222 Å². The molecule has 9 heteroatoms. The minimum Gasteiger partial charge on any atom is -0.323 e. The van der Waals surface area contributed by atoms with Crippen LogP contribution in [0, 0.1) is 0 Å². The van der Waals surface area contributed by atoms with E-state index in [4.69, 9.17) is 15.3 Å². The highest BCUT2D eigenvalue weighted by Gasteiger charge is 2.42. The number of hydrogen-bond acceptors (Lipinski definition) is 5. The van der Waals surface area contributed by atoms with Crippen LogP contribution >= 0.6 is 0 Å². The summed E-state index contributed by atoms with van der Waals surface area (Å²) >= 11 is 0. The molecule has 0 saturated carbocycles. The van der Waals surface area contributed by atoms with Gasteiger partial charge in [-0.05, 0) is 80.4 Å². The summed E-state index contributed by atoms with van der Waals surface area (Å²) in [6.07, 6.45) is 3.92. The maximum absolute atomic E-state index is 13.9. The maximum Gasteiger partial charge on any atom is 0.324 e. The van der Waals surface area contributed by atoms with Crippen molar-refractivity contribution in [1.82, 2.24) is 34.7 Å². The normalized spacial score (nSPS) is 13.2. The summed E-state index contributed by atoms with van der Waals surface area (Å²) in [6, 6.07) is 65.3. The van der Waals surface area contributed by atoms with Crippen LogP contribution < -0.4 is 4.90 Å². The number of anilines is 1. The molecule has 0 bridgehead atoms. The number of tetrazole rings is 1. The lowest BCUT2D eigenvalue weighted by Gasteiger charge is -2.36. The van der Waals surface area contributed by atoms with Gasteiger partial charge in [0.05, 0.1) is 11.0 Å². The zero-order valence-electron chi connectivity index (χ0n) is 36.0. The Bertz CT molecular complexity index is 2890. The van der Waals surface area contributed by atoms with Gasteiger partial charge >= 0.3 is 6.03 Å². The number of carbonyl (C=O) groups is 1. The molecule has 3 heterocycles. The zero-order valence-corrected chi connectivity index (χ0v) is 36.0. The fourth-order valence-electron chi connectivity index (χ4n) is 9.39. The van der Waals surface area contributed by atoms with Crippen LogP contribution in [0.1, 0.15) is 59.8 Å². The van der Waals surface area contributed by atoms with E-state index in [0.29, 0.717) is 25.5 Å². The monoisotopic (exact) mass is 838 g/mol. The fourth-order valence-corrected chi connectivity index (χ4v) is 9.39. The van der Waals surface area contributed by atoms with E-state index in [-0.39, 0.29) is 6.03 Å². The molecule has 2 amide bonds. The second-order valence-electron chi connectivity index (χ2n) is 16.6. The Labute approximate surface area is 374 Å². The molecule has 10 rings (SSSR count). The number of carbonyl (C=O) groups excluding carboxylic acids is 1. The minimum atomic E-state index is -0.870. The van der Waals surface area contributed by atoms with Crippen molar-refractivity contribution in [2.75, 3.05) is 18.0 Å². The Morgan fingerprint density at radius 1 is 0.609 bits per heavy atom. The van der Waals surface area contributed by atoms with Crippen LogP contribution in [0.5, 0.6) is 0 Å². The lowest BCUT2D eigenvalue weighted by molar-refractivity contribution is 0.192. The molecule has 1 fully saturated rings. The molecular formula is C55H50N8O. The van der Waals surface area contributed by atoms with Gasteiger partial charge in [0.1, 0.15) is 11.4 Å². The van der Waals surface area contributed by atoms with Crippen molar-refractivity contribution in [3.8, 4) is 22.5 Å². The van der Waals surface area contributed by atoms with Crippen molar-refractivity contribution < 1.29 is 4.79 Å². The topological polar surface area (TPSA) is 85.0 Å². The van der Waals surface area contributed by atoms with E-state index < -0.39 is 5.54 Å². The van der Waals surface area contributed by atoms with E-state index in [1.165, 1.54) is 0 Å². The van der Waals surface area contributed by atoms with E-state index in [0.717, 1.165) is 99.3 Å². The van der Waals surface area contributed by atoms with Gasteiger partial charge in [-0.25, -0.2) is 14.5 Å². The Morgan fingerprint density at radius 3 is 1.84 bits per heavy atom. The van der Waals surface area contributed by atoms with Gasteiger partial charge in [0.2, 0.25) is 0 Å². The summed E-state index contributed by atoms with van der Waals surface area (Å²) in [4.78, 5) is 23.0. The number of aromatic nitrogens is 6. The van der Waals surface area contributed by atoms with E-state index in [1.807, 2.05) is 50.9 Å². The van der Waals surface area contributed by atoms with Crippen molar-refractivity contribution in [3.63, 3.8) is 0 Å². The number of benzene rings is 7. The summed E-state index contributed by atoms with van der Waals surface area (Å²) < 4.78 is 4.34. The zero-order chi connectivity index (χ0) is 43.3. The number of urea groups is 1. The van der Waals surface area contributed by atoms with Crippen LogP contribution in [0.15, 0.2) is 188 Å². The van der Waals surface area contributed by atoms with Crippen molar-refractivity contribution in [2.45, 2.75) is 51.2 Å². The first-order chi connectivity index (χ1) is 31.6. The van der Waals surface area contributed by atoms with Gasteiger partial charge in [-0.3, -0.25) is 4.90 Å². The Kier molecular flexibility index (Phi) is 11.4. The van der Waals surface area contributed by atoms with Crippen molar-refractivity contribution >= 4 is 22.8 Å². The molecule has 0 N–H and O–H groups in total. The molecule has 2 aromatic heterocycles. The number of aryl methyl sites for hydroxylation is 1. The Morgan fingerprint density at radius 2 is 1.20 bits per heavy atom. The third-order valence-electron chi connectivity index (χ3n) is 12.5. The molecule has 0 atom stereocenters. The van der Waals surface area contributed by atoms with Crippen LogP contribution in [-0.4, -0.2) is 53.8 Å². The SMILES string of the molecule is CCCCc1nc2ccc(N3CCCN(Cc4ccccc4)C3=O)cc2n1Cc1ccc(-c2ccccc2-c2nnnn2C(c2ccccc2)(c2ccccc2)c2ccccc2)cc1. The number of nitrogens with zero attached hydrogens (tertiary/aromatic N) is 8. The maximum atomic E-state index is 13.9. The van der Waals surface area contributed by atoms with Crippen LogP contribution in [0.3, 0.4) is 0 Å².